The molecule has 2 aromatic rings. The van der Waals surface area contributed by atoms with E-state index in [4.69, 9.17) is 4.42 Å². The molecule has 94 valence electrons. The van der Waals surface area contributed by atoms with Gasteiger partial charge in [-0.05, 0) is 43.4 Å². The van der Waals surface area contributed by atoms with E-state index in [0.717, 1.165) is 5.76 Å². The SMILES string of the molecule is CN(CC(=O)c1ccc(F)cc1)Cc1ccco1. The molecule has 4 heteroatoms. The molecule has 0 saturated heterocycles. The van der Waals surface area contributed by atoms with Crippen LogP contribution in [0.1, 0.15) is 16.1 Å². The highest BCUT2D eigenvalue weighted by atomic mass is 19.1. The molecule has 0 bridgehead atoms. The summed E-state index contributed by atoms with van der Waals surface area (Å²) in [7, 11) is 1.84. The van der Waals surface area contributed by atoms with Gasteiger partial charge in [0.1, 0.15) is 11.6 Å². The second-order valence-corrected chi connectivity index (χ2v) is 4.18. The Labute approximate surface area is 105 Å². The Bertz CT molecular complexity index is 505. The lowest BCUT2D eigenvalue weighted by Crippen LogP contribution is -2.25. The molecule has 1 heterocycles. The number of carbonyl (C=O) groups excluding carboxylic acids is 1. The lowest BCUT2D eigenvalue weighted by molar-refractivity contribution is 0.0939. The summed E-state index contributed by atoms with van der Waals surface area (Å²) in [5.41, 5.74) is 0.516. The monoisotopic (exact) mass is 247 g/mol. The van der Waals surface area contributed by atoms with Gasteiger partial charge in [-0.3, -0.25) is 9.69 Å². The molecule has 0 aliphatic heterocycles. The second-order valence-electron chi connectivity index (χ2n) is 4.18. The first kappa shape index (κ1) is 12.5. The highest BCUT2D eigenvalue weighted by Gasteiger charge is 2.10. The van der Waals surface area contributed by atoms with Crippen LogP contribution in [-0.2, 0) is 6.54 Å². The molecule has 0 unspecified atom stereocenters. The number of Topliss-reactive ketones (excluding diaryl/α,β-unsaturated/α-hetero) is 1. The highest BCUT2D eigenvalue weighted by molar-refractivity contribution is 5.97. The van der Waals surface area contributed by atoms with Crippen molar-refractivity contribution in [2.45, 2.75) is 6.54 Å². The van der Waals surface area contributed by atoms with Gasteiger partial charge in [0.15, 0.2) is 5.78 Å². The summed E-state index contributed by atoms with van der Waals surface area (Å²) in [6.45, 7) is 0.840. The van der Waals surface area contributed by atoms with E-state index < -0.39 is 0 Å². The summed E-state index contributed by atoms with van der Waals surface area (Å²) in [6.07, 6.45) is 1.60. The Balaban J connectivity index is 1.92. The molecule has 18 heavy (non-hydrogen) atoms. The molecule has 0 aliphatic rings. The zero-order valence-electron chi connectivity index (χ0n) is 10.1. The van der Waals surface area contributed by atoms with Crippen LogP contribution in [0, 0.1) is 5.82 Å². The largest absolute Gasteiger partial charge is 0.468 e. The minimum Gasteiger partial charge on any atom is -0.468 e. The number of benzene rings is 1. The summed E-state index contributed by atoms with van der Waals surface area (Å²) in [4.78, 5) is 13.8. The van der Waals surface area contributed by atoms with E-state index in [1.807, 2.05) is 24.1 Å². The number of ketones is 1. The van der Waals surface area contributed by atoms with Gasteiger partial charge < -0.3 is 4.42 Å². The van der Waals surface area contributed by atoms with E-state index in [2.05, 4.69) is 0 Å². The number of hydrogen-bond acceptors (Lipinski definition) is 3. The van der Waals surface area contributed by atoms with Gasteiger partial charge in [0.05, 0.1) is 19.4 Å². The lowest BCUT2D eigenvalue weighted by atomic mass is 10.1. The van der Waals surface area contributed by atoms with Crippen LogP contribution in [0.3, 0.4) is 0 Å². The number of rotatable bonds is 5. The number of nitrogens with zero attached hydrogens (tertiary/aromatic N) is 1. The van der Waals surface area contributed by atoms with Crippen molar-refractivity contribution < 1.29 is 13.6 Å². The van der Waals surface area contributed by atoms with Crippen molar-refractivity contribution in [3.63, 3.8) is 0 Å². The summed E-state index contributed by atoms with van der Waals surface area (Å²) in [5, 5.41) is 0. The van der Waals surface area contributed by atoms with Crippen molar-refractivity contribution in [2.24, 2.45) is 0 Å². The normalized spacial score (nSPS) is 10.8. The molecule has 1 aromatic heterocycles. The van der Waals surface area contributed by atoms with Crippen LogP contribution in [0.2, 0.25) is 0 Å². The van der Waals surface area contributed by atoms with Crippen LogP contribution in [0.25, 0.3) is 0 Å². The number of halogens is 1. The van der Waals surface area contributed by atoms with Crippen LogP contribution in [0.5, 0.6) is 0 Å². The first-order valence-electron chi connectivity index (χ1n) is 5.65. The third-order valence-electron chi connectivity index (χ3n) is 2.59. The number of hydrogen-bond donors (Lipinski definition) is 0. The fourth-order valence-electron chi connectivity index (χ4n) is 1.70. The second kappa shape index (κ2) is 5.60. The smallest absolute Gasteiger partial charge is 0.176 e. The third kappa shape index (κ3) is 3.28. The molecule has 0 radical (unpaired) electrons. The van der Waals surface area contributed by atoms with E-state index >= 15 is 0 Å². The summed E-state index contributed by atoms with van der Waals surface area (Å²) >= 11 is 0. The van der Waals surface area contributed by atoms with Crippen molar-refractivity contribution in [2.75, 3.05) is 13.6 Å². The van der Waals surface area contributed by atoms with Gasteiger partial charge in [0.25, 0.3) is 0 Å². The minimum absolute atomic E-state index is 0.0379. The van der Waals surface area contributed by atoms with Gasteiger partial charge in [-0.25, -0.2) is 4.39 Å². The van der Waals surface area contributed by atoms with Crippen LogP contribution in [-0.4, -0.2) is 24.3 Å². The van der Waals surface area contributed by atoms with Gasteiger partial charge >= 0.3 is 0 Å². The summed E-state index contributed by atoms with van der Waals surface area (Å²) in [5.74, 6) is 0.434. The van der Waals surface area contributed by atoms with Crippen molar-refractivity contribution >= 4 is 5.78 Å². The zero-order chi connectivity index (χ0) is 13.0. The molecular weight excluding hydrogens is 233 g/mol. The van der Waals surface area contributed by atoms with Crippen LogP contribution >= 0.6 is 0 Å². The molecule has 0 spiro atoms. The van der Waals surface area contributed by atoms with Crippen LogP contribution < -0.4 is 0 Å². The van der Waals surface area contributed by atoms with Crippen molar-refractivity contribution in [1.29, 1.82) is 0 Å². The lowest BCUT2D eigenvalue weighted by Gasteiger charge is -2.13. The number of carbonyl (C=O) groups is 1. The van der Waals surface area contributed by atoms with Crippen LogP contribution in [0.15, 0.2) is 47.1 Å². The zero-order valence-corrected chi connectivity index (χ0v) is 10.1. The Morgan fingerprint density at radius 2 is 2.00 bits per heavy atom. The maximum Gasteiger partial charge on any atom is 0.176 e. The van der Waals surface area contributed by atoms with Crippen molar-refractivity contribution in [3.05, 3.63) is 59.8 Å². The van der Waals surface area contributed by atoms with Gasteiger partial charge in [-0.2, -0.15) is 0 Å². The maximum atomic E-state index is 12.7. The number of likely N-dealkylation sites (N-methyl/N-ethyl adjacent to an activating group) is 1. The first-order chi connectivity index (χ1) is 8.65. The molecule has 0 aliphatic carbocycles. The molecule has 2 rings (SSSR count). The van der Waals surface area contributed by atoms with Crippen LogP contribution in [0.4, 0.5) is 4.39 Å². The van der Waals surface area contributed by atoms with E-state index in [9.17, 15) is 9.18 Å². The van der Waals surface area contributed by atoms with Crippen molar-refractivity contribution in [3.8, 4) is 0 Å². The average molecular weight is 247 g/mol. The molecule has 0 N–H and O–H groups in total. The molecule has 1 aromatic carbocycles. The Morgan fingerprint density at radius 3 is 2.61 bits per heavy atom. The van der Waals surface area contributed by atoms with E-state index in [1.165, 1.54) is 24.3 Å². The molecule has 0 atom stereocenters. The van der Waals surface area contributed by atoms with Crippen molar-refractivity contribution in [1.82, 2.24) is 4.90 Å². The molecule has 0 saturated carbocycles. The van der Waals surface area contributed by atoms with Gasteiger partial charge in [0.2, 0.25) is 0 Å². The highest BCUT2D eigenvalue weighted by Crippen LogP contribution is 2.07. The van der Waals surface area contributed by atoms with Gasteiger partial charge in [-0.15, -0.1) is 0 Å². The predicted molar refractivity (Wildman–Crippen MR) is 65.8 cm³/mol. The minimum atomic E-state index is -0.338. The topological polar surface area (TPSA) is 33.5 Å². The number of furan rings is 1. The van der Waals surface area contributed by atoms with E-state index in [-0.39, 0.29) is 18.1 Å². The molecule has 3 nitrogen and oxygen atoms in total. The van der Waals surface area contributed by atoms with E-state index in [0.29, 0.717) is 12.1 Å². The van der Waals surface area contributed by atoms with Gasteiger partial charge in [-0.1, -0.05) is 0 Å². The molecular formula is C14H14FNO2. The fourth-order valence-corrected chi connectivity index (χ4v) is 1.70. The Kier molecular flexibility index (Phi) is 3.89. The maximum absolute atomic E-state index is 12.7. The third-order valence-corrected chi connectivity index (χ3v) is 2.59. The first-order valence-corrected chi connectivity index (χ1v) is 5.65. The summed E-state index contributed by atoms with van der Waals surface area (Å²) < 4.78 is 17.9. The molecule has 0 amide bonds. The quantitative estimate of drug-likeness (QED) is 0.762. The Morgan fingerprint density at radius 1 is 1.28 bits per heavy atom. The van der Waals surface area contributed by atoms with E-state index in [1.54, 1.807) is 6.26 Å². The van der Waals surface area contributed by atoms with Gasteiger partial charge in [0, 0.05) is 5.56 Å². The predicted octanol–water partition coefficient (Wildman–Crippen LogP) is 2.73. The molecule has 0 fully saturated rings. The average Bonchev–Trinajstić information content (AvgIpc) is 2.82. The summed E-state index contributed by atoms with van der Waals surface area (Å²) in [6, 6.07) is 9.25. The Hall–Kier alpha value is -1.94. The fraction of sp³-hybridized carbons (Fsp3) is 0.214. The standard InChI is InChI=1S/C14H14FNO2/c1-16(9-13-3-2-8-18-13)10-14(17)11-4-6-12(15)7-5-11/h2-8H,9-10H2,1H3.